The van der Waals surface area contributed by atoms with Crippen molar-refractivity contribution in [1.29, 1.82) is 0 Å². The van der Waals surface area contributed by atoms with Crippen LogP contribution in [0.15, 0.2) is 5.16 Å². The number of rotatable bonds is 5. The summed E-state index contributed by atoms with van der Waals surface area (Å²) in [5.41, 5.74) is 4.57. The summed E-state index contributed by atoms with van der Waals surface area (Å²) in [6.45, 7) is 3.55. The Labute approximate surface area is 119 Å². The Morgan fingerprint density at radius 1 is 1.45 bits per heavy atom. The van der Waals surface area contributed by atoms with Crippen LogP contribution in [0.2, 0.25) is 0 Å². The van der Waals surface area contributed by atoms with Crippen LogP contribution >= 0.6 is 0 Å². The van der Waals surface area contributed by atoms with E-state index in [2.05, 4.69) is 10.5 Å². The first-order valence-electron chi connectivity index (χ1n) is 6.80. The molecule has 0 bridgehead atoms. The highest BCUT2D eigenvalue weighted by atomic mass is 32.2. The average molecular weight is 305 g/mol. The first-order chi connectivity index (χ1) is 9.31. The molecule has 8 heteroatoms. The number of nitrogens with two attached hydrogens (primary N) is 1. The molecule has 0 radical (unpaired) electrons. The molecule has 1 aliphatic rings. The van der Waals surface area contributed by atoms with E-state index < -0.39 is 21.3 Å². The molecule has 1 heterocycles. The third-order valence-electron chi connectivity index (χ3n) is 4.04. The molecule has 1 atom stereocenters. The highest BCUT2D eigenvalue weighted by molar-refractivity contribution is 7.91. The number of oxime groups is 1. The smallest absolute Gasteiger partial charge is 0.234 e. The summed E-state index contributed by atoms with van der Waals surface area (Å²) in [7, 11) is -3.09. The Kier molecular flexibility index (Phi) is 5.38. The van der Waals surface area contributed by atoms with E-state index in [1.807, 2.05) is 0 Å². The lowest BCUT2D eigenvalue weighted by molar-refractivity contribution is -0.128. The molecule has 0 saturated carbocycles. The Hall–Kier alpha value is -1.31. The lowest BCUT2D eigenvalue weighted by Crippen LogP contribution is -2.54. The van der Waals surface area contributed by atoms with Crippen molar-refractivity contribution in [2.45, 2.75) is 45.6 Å². The van der Waals surface area contributed by atoms with Gasteiger partial charge in [0, 0.05) is 6.04 Å². The second kappa shape index (κ2) is 6.43. The summed E-state index contributed by atoms with van der Waals surface area (Å²) < 4.78 is 23.2. The summed E-state index contributed by atoms with van der Waals surface area (Å²) in [4.78, 5) is 12.4. The SMILES string of the molecule is CCC(CC)(C(=O)NC1CCCS(=O)(=O)C1)C(N)=NO. The average Bonchev–Trinajstić information content (AvgIpc) is 2.39. The second-order valence-corrected chi connectivity index (χ2v) is 7.43. The van der Waals surface area contributed by atoms with Crippen LogP contribution in [-0.4, -0.2) is 42.9 Å². The Morgan fingerprint density at radius 2 is 2.05 bits per heavy atom. The third-order valence-corrected chi connectivity index (χ3v) is 5.86. The predicted octanol–water partition coefficient (Wildman–Crippen LogP) is 0.233. The van der Waals surface area contributed by atoms with Gasteiger partial charge in [-0.2, -0.15) is 0 Å². The topological polar surface area (TPSA) is 122 Å². The largest absolute Gasteiger partial charge is 0.409 e. The minimum absolute atomic E-state index is 0.0432. The molecule has 116 valence electrons. The molecule has 0 spiro atoms. The minimum atomic E-state index is -3.09. The summed E-state index contributed by atoms with van der Waals surface area (Å²) in [6.07, 6.45) is 1.93. The lowest BCUT2D eigenvalue weighted by Gasteiger charge is -2.32. The molecule has 7 nitrogen and oxygen atoms in total. The molecule has 4 N–H and O–H groups in total. The molecule has 1 saturated heterocycles. The fourth-order valence-electron chi connectivity index (χ4n) is 2.61. The summed E-state index contributed by atoms with van der Waals surface area (Å²) in [5.74, 6) is -0.386. The van der Waals surface area contributed by atoms with Crippen LogP contribution < -0.4 is 11.1 Å². The molecule has 0 aromatic rings. The molecule has 1 unspecified atom stereocenters. The number of carbonyl (C=O) groups excluding carboxylic acids is 1. The van der Waals surface area contributed by atoms with E-state index in [-0.39, 0.29) is 23.2 Å². The van der Waals surface area contributed by atoms with Crippen molar-refractivity contribution >= 4 is 21.6 Å². The second-order valence-electron chi connectivity index (χ2n) is 5.20. The van der Waals surface area contributed by atoms with Crippen molar-refractivity contribution in [2.24, 2.45) is 16.3 Å². The van der Waals surface area contributed by atoms with Crippen LogP contribution in [0.1, 0.15) is 39.5 Å². The predicted molar refractivity (Wildman–Crippen MR) is 76.2 cm³/mol. The maximum atomic E-state index is 12.4. The molecule has 20 heavy (non-hydrogen) atoms. The number of amidine groups is 1. The zero-order chi connectivity index (χ0) is 15.4. The van der Waals surface area contributed by atoms with Gasteiger partial charge >= 0.3 is 0 Å². The van der Waals surface area contributed by atoms with Crippen LogP contribution in [0, 0.1) is 5.41 Å². The van der Waals surface area contributed by atoms with Gasteiger partial charge in [0.05, 0.1) is 11.5 Å². The molecule has 0 aromatic carbocycles. The van der Waals surface area contributed by atoms with E-state index >= 15 is 0 Å². The molecular weight excluding hydrogens is 282 g/mol. The first-order valence-corrected chi connectivity index (χ1v) is 8.62. The highest BCUT2D eigenvalue weighted by Gasteiger charge is 2.41. The van der Waals surface area contributed by atoms with E-state index in [9.17, 15) is 13.2 Å². The molecule has 0 aliphatic carbocycles. The zero-order valence-corrected chi connectivity index (χ0v) is 12.7. The molecule has 0 aromatic heterocycles. The fourth-order valence-corrected chi connectivity index (χ4v) is 4.24. The Balaban J connectivity index is 2.87. The van der Waals surface area contributed by atoms with E-state index in [1.165, 1.54) is 0 Å². The molecular formula is C12H23N3O4S. The quantitative estimate of drug-likeness (QED) is 0.290. The zero-order valence-electron chi connectivity index (χ0n) is 11.9. The van der Waals surface area contributed by atoms with Gasteiger partial charge in [0.2, 0.25) is 5.91 Å². The van der Waals surface area contributed by atoms with Crippen molar-refractivity contribution < 1.29 is 18.4 Å². The standard InChI is InChI=1S/C12H23N3O4S/c1-3-12(4-2,10(13)15-17)11(16)14-9-6-5-7-20(18,19)8-9/h9,17H,3-8H2,1-2H3,(H2,13,15)(H,14,16). The van der Waals surface area contributed by atoms with Crippen LogP contribution in [0.25, 0.3) is 0 Å². The minimum Gasteiger partial charge on any atom is -0.409 e. The van der Waals surface area contributed by atoms with E-state index in [1.54, 1.807) is 13.8 Å². The lowest BCUT2D eigenvalue weighted by atomic mass is 9.80. The van der Waals surface area contributed by atoms with E-state index in [4.69, 9.17) is 10.9 Å². The highest BCUT2D eigenvalue weighted by Crippen LogP contribution is 2.27. The van der Waals surface area contributed by atoms with E-state index in [0.717, 1.165) is 0 Å². The van der Waals surface area contributed by atoms with Gasteiger partial charge in [-0.15, -0.1) is 0 Å². The van der Waals surface area contributed by atoms with Crippen molar-refractivity contribution in [3.63, 3.8) is 0 Å². The first kappa shape index (κ1) is 16.7. The van der Waals surface area contributed by atoms with Crippen molar-refractivity contribution in [3.8, 4) is 0 Å². The third kappa shape index (κ3) is 3.41. The summed E-state index contributed by atoms with van der Waals surface area (Å²) in [6, 6.07) is -0.398. The van der Waals surface area contributed by atoms with Crippen molar-refractivity contribution in [2.75, 3.05) is 11.5 Å². The summed E-state index contributed by atoms with van der Waals surface area (Å²) >= 11 is 0. The van der Waals surface area contributed by atoms with Gasteiger partial charge in [-0.25, -0.2) is 8.42 Å². The van der Waals surface area contributed by atoms with Gasteiger partial charge in [0.1, 0.15) is 5.41 Å². The van der Waals surface area contributed by atoms with Gasteiger partial charge < -0.3 is 16.3 Å². The molecule has 1 amide bonds. The molecule has 1 rings (SSSR count). The van der Waals surface area contributed by atoms with Crippen LogP contribution in [0.5, 0.6) is 0 Å². The fraction of sp³-hybridized carbons (Fsp3) is 0.833. The number of nitrogens with one attached hydrogen (secondary N) is 1. The molecule has 1 aliphatic heterocycles. The monoisotopic (exact) mass is 305 g/mol. The van der Waals surface area contributed by atoms with Gasteiger partial charge in [-0.05, 0) is 25.7 Å². The number of amides is 1. The maximum absolute atomic E-state index is 12.4. The van der Waals surface area contributed by atoms with Crippen LogP contribution in [-0.2, 0) is 14.6 Å². The number of hydrogen-bond donors (Lipinski definition) is 3. The molecule has 1 fully saturated rings. The number of hydrogen-bond acceptors (Lipinski definition) is 5. The van der Waals surface area contributed by atoms with Gasteiger partial charge in [0.25, 0.3) is 0 Å². The Morgan fingerprint density at radius 3 is 2.50 bits per heavy atom. The summed E-state index contributed by atoms with van der Waals surface area (Å²) in [5, 5.41) is 14.6. The van der Waals surface area contributed by atoms with Crippen molar-refractivity contribution in [3.05, 3.63) is 0 Å². The van der Waals surface area contributed by atoms with Crippen LogP contribution in [0.3, 0.4) is 0 Å². The van der Waals surface area contributed by atoms with E-state index in [0.29, 0.717) is 25.7 Å². The number of carbonyl (C=O) groups is 1. The van der Waals surface area contributed by atoms with Crippen LogP contribution in [0.4, 0.5) is 0 Å². The normalized spacial score (nSPS) is 23.3. The van der Waals surface area contributed by atoms with Gasteiger partial charge in [-0.1, -0.05) is 19.0 Å². The number of sulfone groups is 1. The Bertz CT molecular complexity index is 483. The number of nitrogens with zero attached hydrogens (tertiary/aromatic N) is 1. The maximum Gasteiger partial charge on any atom is 0.234 e. The van der Waals surface area contributed by atoms with Gasteiger partial charge in [0.15, 0.2) is 15.7 Å². The van der Waals surface area contributed by atoms with Gasteiger partial charge in [-0.3, -0.25) is 4.79 Å². The van der Waals surface area contributed by atoms with Crippen molar-refractivity contribution in [1.82, 2.24) is 5.32 Å².